The molecule has 1 heterocycles. The van der Waals surface area contributed by atoms with E-state index < -0.39 is 0 Å². The number of para-hydroxylation sites is 1. The number of fused-ring (bicyclic) bond motifs is 1. The quantitative estimate of drug-likeness (QED) is 0.881. The molecule has 3 rings (SSSR count). The van der Waals surface area contributed by atoms with Gasteiger partial charge in [-0.2, -0.15) is 0 Å². The van der Waals surface area contributed by atoms with Crippen molar-refractivity contribution in [3.05, 3.63) is 29.8 Å². The zero-order chi connectivity index (χ0) is 12.5. The van der Waals surface area contributed by atoms with Crippen molar-refractivity contribution in [1.82, 2.24) is 0 Å². The largest absolute Gasteiger partial charge is 0.371 e. The van der Waals surface area contributed by atoms with Crippen LogP contribution in [0.25, 0.3) is 0 Å². The van der Waals surface area contributed by atoms with Gasteiger partial charge in [0.25, 0.3) is 0 Å². The van der Waals surface area contributed by atoms with E-state index in [0.717, 1.165) is 18.9 Å². The lowest BCUT2D eigenvalue weighted by Gasteiger charge is -2.35. The fourth-order valence-corrected chi connectivity index (χ4v) is 3.11. The summed E-state index contributed by atoms with van der Waals surface area (Å²) in [7, 11) is 0. The van der Waals surface area contributed by atoms with Crippen molar-refractivity contribution in [3.63, 3.8) is 0 Å². The maximum absolute atomic E-state index is 6.22. The van der Waals surface area contributed by atoms with Crippen LogP contribution in [0.1, 0.15) is 44.1 Å². The second-order valence-electron chi connectivity index (χ2n) is 6.03. The van der Waals surface area contributed by atoms with Crippen LogP contribution in [0.2, 0.25) is 0 Å². The Morgan fingerprint density at radius 3 is 2.83 bits per heavy atom. The lowest BCUT2D eigenvalue weighted by atomic mass is 9.91. The van der Waals surface area contributed by atoms with E-state index in [1.807, 2.05) is 0 Å². The van der Waals surface area contributed by atoms with Crippen molar-refractivity contribution in [1.29, 1.82) is 0 Å². The lowest BCUT2D eigenvalue weighted by molar-refractivity contribution is 0.525. The molecule has 1 aromatic carbocycles. The maximum atomic E-state index is 6.22. The van der Waals surface area contributed by atoms with Gasteiger partial charge in [-0.15, -0.1) is 0 Å². The summed E-state index contributed by atoms with van der Waals surface area (Å²) in [4.78, 5) is 2.54. The fourth-order valence-electron chi connectivity index (χ4n) is 3.11. The molecule has 1 aromatic rings. The van der Waals surface area contributed by atoms with E-state index in [0.29, 0.717) is 12.0 Å². The van der Waals surface area contributed by atoms with E-state index >= 15 is 0 Å². The third-order valence-corrected chi connectivity index (χ3v) is 4.60. The topological polar surface area (TPSA) is 29.3 Å². The summed E-state index contributed by atoms with van der Waals surface area (Å²) in [6.07, 6.45) is 5.13. The molecule has 1 fully saturated rings. The Kier molecular flexibility index (Phi) is 3.29. The highest BCUT2D eigenvalue weighted by atomic mass is 15.1. The molecule has 0 radical (unpaired) electrons. The highest BCUT2D eigenvalue weighted by Gasteiger charge is 2.29. The molecule has 18 heavy (non-hydrogen) atoms. The first kappa shape index (κ1) is 12.0. The van der Waals surface area contributed by atoms with Crippen LogP contribution in [0.3, 0.4) is 0 Å². The highest BCUT2D eigenvalue weighted by Crippen LogP contribution is 2.36. The second kappa shape index (κ2) is 4.93. The molecule has 0 spiro atoms. The zero-order valence-corrected chi connectivity index (χ0v) is 11.3. The molecule has 2 atom stereocenters. The van der Waals surface area contributed by atoms with Gasteiger partial charge < -0.3 is 10.6 Å². The molecule has 2 unspecified atom stereocenters. The Morgan fingerprint density at radius 1 is 1.28 bits per heavy atom. The molecular weight excluding hydrogens is 220 g/mol. The Hall–Kier alpha value is -1.02. The molecule has 1 aliphatic heterocycles. The van der Waals surface area contributed by atoms with Crippen molar-refractivity contribution >= 4 is 5.69 Å². The van der Waals surface area contributed by atoms with Crippen molar-refractivity contribution in [2.45, 2.75) is 44.6 Å². The third-order valence-electron chi connectivity index (χ3n) is 4.60. The van der Waals surface area contributed by atoms with Crippen molar-refractivity contribution in [2.24, 2.45) is 11.7 Å². The first-order valence-electron chi connectivity index (χ1n) is 7.35. The number of rotatable bonds is 4. The summed E-state index contributed by atoms with van der Waals surface area (Å²) < 4.78 is 0. The van der Waals surface area contributed by atoms with E-state index in [9.17, 15) is 0 Å². The molecular formula is C16H24N2. The molecule has 1 saturated carbocycles. The van der Waals surface area contributed by atoms with Gasteiger partial charge in [0.05, 0.1) is 0 Å². The molecule has 0 amide bonds. The minimum atomic E-state index is 0.427. The van der Waals surface area contributed by atoms with Crippen LogP contribution in [0.5, 0.6) is 0 Å². The van der Waals surface area contributed by atoms with Crippen LogP contribution in [0.4, 0.5) is 5.69 Å². The van der Waals surface area contributed by atoms with Crippen LogP contribution in [-0.4, -0.2) is 19.1 Å². The maximum Gasteiger partial charge on any atom is 0.0401 e. The van der Waals surface area contributed by atoms with Gasteiger partial charge in [0.15, 0.2) is 0 Å². The van der Waals surface area contributed by atoms with Gasteiger partial charge in [-0.1, -0.05) is 25.1 Å². The molecule has 0 aromatic heterocycles. The van der Waals surface area contributed by atoms with Crippen LogP contribution in [-0.2, 0) is 0 Å². The minimum absolute atomic E-state index is 0.427. The van der Waals surface area contributed by atoms with Gasteiger partial charge in [0.1, 0.15) is 0 Å². The van der Waals surface area contributed by atoms with Crippen LogP contribution < -0.4 is 10.6 Å². The molecule has 0 bridgehead atoms. The first-order valence-corrected chi connectivity index (χ1v) is 7.35. The third kappa shape index (κ3) is 2.39. The minimum Gasteiger partial charge on any atom is -0.371 e. The monoisotopic (exact) mass is 244 g/mol. The predicted molar refractivity (Wildman–Crippen MR) is 77.0 cm³/mol. The van der Waals surface area contributed by atoms with Gasteiger partial charge in [-0.05, 0) is 49.1 Å². The summed E-state index contributed by atoms with van der Waals surface area (Å²) in [6, 6.07) is 9.30. The first-order chi connectivity index (χ1) is 8.75. The molecule has 2 aliphatic rings. The molecule has 2 nitrogen and oxygen atoms in total. The van der Waals surface area contributed by atoms with Crippen molar-refractivity contribution in [2.75, 3.05) is 18.0 Å². The second-order valence-corrected chi connectivity index (χ2v) is 6.03. The SMILES string of the molecule is CC1CCN(CCC(N)C2CC2)c2ccccc21. The Balaban J connectivity index is 1.67. The number of hydrogen-bond acceptors (Lipinski definition) is 2. The fraction of sp³-hybridized carbons (Fsp3) is 0.625. The van der Waals surface area contributed by atoms with E-state index in [2.05, 4.69) is 36.1 Å². The Labute approximate surface area is 110 Å². The molecule has 2 heteroatoms. The normalized spacial score (nSPS) is 24.8. The Morgan fingerprint density at radius 2 is 2.06 bits per heavy atom. The summed E-state index contributed by atoms with van der Waals surface area (Å²) >= 11 is 0. The van der Waals surface area contributed by atoms with Gasteiger partial charge in [0.2, 0.25) is 0 Å². The van der Waals surface area contributed by atoms with Crippen molar-refractivity contribution < 1.29 is 0 Å². The highest BCUT2D eigenvalue weighted by molar-refractivity contribution is 5.56. The van der Waals surface area contributed by atoms with Gasteiger partial charge in [-0.3, -0.25) is 0 Å². The average Bonchev–Trinajstić information content (AvgIpc) is 3.22. The number of nitrogens with zero attached hydrogens (tertiary/aromatic N) is 1. The van der Waals surface area contributed by atoms with Crippen molar-refractivity contribution in [3.8, 4) is 0 Å². The number of anilines is 1. The molecule has 2 N–H and O–H groups in total. The predicted octanol–water partition coefficient (Wildman–Crippen LogP) is 3.13. The molecule has 0 saturated heterocycles. The van der Waals surface area contributed by atoms with Gasteiger partial charge >= 0.3 is 0 Å². The van der Waals surface area contributed by atoms with Crippen LogP contribution >= 0.6 is 0 Å². The van der Waals surface area contributed by atoms with E-state index in [1.165, 1.54) is 37.1 Å². The van der Waals surface area contributed by atoms with Gasteiger partial charge in [-0.25, -0.2) is 0 Å². The zero-order valence-electron chi connectivity index (χ0n) is 11.3. The van der Waals surface area contributed by atoms with E-state index in [1.54, 1.807) is 0 Å². The van der Waals surface area contributed by atoms with Gasteiger partial charge in [0, 0.05) is 24.8 Å². The van der Waals surface area contributed by atoms with Crippen LogP contribution in [0, 0.1) is 5.92 Å². The number of benzene rings is 1. The van der Waals surface area contributed by atoms with Crippen LogP contribution in [0.15, 0.2) is 24.3 Å². The number of hydrogen-bond donors (Lipinski definition) is 1. The average molecular weight is 244 g/mol. The van der Waals surface area contributed by atoms with E-state index in [-0.39, 0.29) is 0 Å². The molecule has 1 aliphatic carbocycles. The lowest BCUT2D eigenvalue weighted by Crippen LogP contribution is -2.35. The summed E-state index contributed by atoms with van der Waals surface area (Å²) in [5.41, 5.74) is 9.18. The Bertz CT molecular complexity index is 411. The summed E-state index contributed by atoms with van der Waals surface area (Å²) in [5.74, 6) is 1.53. The standard InChI is InChI=1S/C16H24N2/c1-12-8-10-18(11-9-15(17)13-6-7-13)16-5-3-2-4-14(12)16/h2-5,12-13,15H,6-11,17H2,1H3. The summed E-state index contributed by atoms with van der Waals surface area (Å²) in [6.45, 7) is 4.66. The van der Waals surface area contributed by atoms with E-state index in [4.69, 9.17) is 5.73 Å². The summed E-state index contributed by atoms with van der Waals surface area (Å²) in [5, 5.41) is 0. The number of nitrogens with two attached hydrogens (primary N) is 1. The smallest absolute Gasteiger partial charge is 0.0401 e. The molecule has 98 valence electrons.